The Morgan fingerprint density at radius 1 is 1.24 bits per heavy atom. The van der Waals surface area contributed by atoms with Gasteiger partial charge < -0.3 is 19.9 Å². The van der Waals surface area contributed by atoms with Crippen LogP contribution >= 0.6 is 11.3 Å². The van der Waals surface area contributed by atoms with Crippen LogP contribution in [0.4, 0.5) is 5.00 Å². The molecule has 2 N–H and O–H groups in total. The maximum Gasteiger partial charge on any atom is 0.339 e. The summed E-state index contributed by atoms with van der Waals surface area (Å²) in [6.45, 7) is -0.200. The van der Waals surface area contributed by atoms with E-state index < -0.39 is 5.97 Å². The van der Waals surface area contributed by atoms with Gasteiger partial charge in [0.05, 0.1) is 12.7 Å². The molecule has 1 aliphatic rings. The molecule has 0 saturated carbocycles. The molecule has 7 heteroatoms. The van der Waals surface area contributed by atoms with Crippen molar-refractivity contribution < 1.29 is 24.2 Å². The Labute approximate surface area is 149 Å². The SMILES string of the molecule is COc1cccc(OCC(=O)Nc2sc3c(c2C(=O)O)CCCC3)c1. The van der Waals surface area contributed by atoms with Gasteiger partial charge in [0.2, 0.25) is 0 Å². The van der Waals surface area contributed by atoms with Crippen LogP contribution in [0.1, 0.15) is 33.6 Å². The van der Waals surface area contributed by atoms with Crippen molar-refractivity contribution in [1.82, 2.24) is 0 Å². The number of thiophene rings is 1. The van der Waals surface area contributed by atoms with Crippen LogP contribution < -0.4 is 14.8 Å². The van der Waals surface area contributed by atoms with Crippen molar-refractivity contribution in [3.05, 3.63) is 40.3 Å². The number of carboxylic acid groups (broad SMARTS) is 1. The van der Waals surface area contributed by atoms with E-state index in [4.69, 9.17) is 9.47 Å². The molecule has 0 spiro atoms. The largest absolute Gasteiger partial charge is 0.497 e. The first-order valence-electron chi connectivity index (χ1n) is 8.03. The van der Waals surface area contributed by atoms with E-state index in [-0.39, 0.29) is 18.1 Å². The van der Waals surface area contributed by atoms with E-state index in [9.17, 15) is 14.7 Å². The molecule has 0 unspecified atom stereocenters. The Bertz CT molecular complexity index is 799. The van der Waals surface area contributed by atoms with Crippen LogP contribution in [0.25, 0.3) is 0 Å². The second-order valence-electron chi connectivity index (χ2n) is 5.74. The van der Waals surface area contributed by atoms with Gasteiger partial charge in [0.15, 0.2) is 6.61 Å². The molecule has 3 rings (SSSR count). The molecule has 0 aliphatic heterocycles. The molecule has 0 saturated heterocycles. The van der Waals surface area contributed by atoms with E-state index in [1.807, 2.05) is 0 Å². The predicted octanol–water partition coefficient (Wildman–Crippen LogP) is 3.35. The lowest BCUT2D eigenvalue weighted by atomic mass is 9.95. The summed E-state index contributed by atoms with van der Waals surface area (Å²) in [6.07, 6.45) is 3.66. The molecule has 132 valence electrons. The summed E-state index contributed by atoms with van der Waals surface area (Å²) in [7, 11) is 1.55. The van der Waals surface area contributed by atoms with Crippen molar-refractivity contribution in [2.45, 2.75) is 25.7 Å². The predicted molar refractivity (Wildman–Crippen MR) is 95.0 cm³/mol. The number of fused-ring (bicyclic) bond motifs is 1. The molecule has 0 fully saturated rings. The number of methoxy groups -OCH3 is 1. The smallest absolute Gasteiger partial charge is 0.339 e. The molecule has 1 amide bonds. The zero-order valence-corrected chi connectivity index (χ0v) is 14.6. The van der Waals surface area contributed by atoms with Crippen molar-refractivity contribution in [1.29, 1.82) is 0 Å². The first-order valence-corrected chi connectivity index (χ1v) is 8.84. The number of carboxylic acids is 1. The zero-order valence-electron chi connectivity index (χ0n) is 13.8. The fourth-order valence-corrected chi connectivity index (χ4v) is 4.18. The lowest BCUT2D eigenvalue weighted by Gasteiger charge is -2.11. The van der Waals surface area contributed by atoms with Gasteiger partial charge in [0, 0.05) is 10.9 Å². The highest BCUT2D eigenvalue weighted by Gasteiger charge is 2.26. The van der Waals surface area contributed by atoms with E-state index in [2.05, 4.69) is 5.32 Å². The summed E-state index contributed by atoms with van der Waals surface area (Å²) >= 11 is 1.36. The van der Waals surface area contributed by atoms with E-state index >= 15 is 0 Å². The fraction of sp³-hybridized carbons (Fsp3) is 0.333. The molecule has 1 aromatic carbocycles. The number of ether oxygens (including phenoxy) is 2. The molecule has 25 heavy (non-hydrogen) atoms. The first kappa shape index (κ1) is 17.3. The number of amides is 1. The number of aryl methyl sites for hydroxylation is 1. The zero-order chi connectivity index (χ0) is 17.8. The van der Waals surface area contributed by atoms with E-state index in [1.165, 1.54) is 11.3 Å². The Morgan fingerprint density at radius 2 is 2.00 bits per heavy atom. The molecule has 0 atom stereocenters. The summed E-state index contributed by atoms with van der Waals surface area (Å²) in [6, 6.07) is 6.95. The van der Waals surface area contributed by atoms with Crippen LogP contribution in [0.2, 0.25) is 0 Å². The number of carbonyl (C=O) groups excluding carboxylic acids is 1. The number of benzene rings is 1. The average molecular weight is 361 g/mol. The molecule has 0 radical (unpaired) electrons. The number of rotatable bonds is 6. The lowest BCUT2D eigenvalue weighted by Crippen LogP contribution is -2.21. The number of nitrogens with one attached hydrogen (secondary N) is 1. The Hall–Kier alpha value is -2.54. The van der Waals surface area contributed by atoms with Gasteiger partial charge in [-0.05, 0) is 43.4 Å². The number of hydrogen-bond donors (Lipinski definition) is 2. The average Bonchev–Trinajstić information content (AvgIpc) is 2.98. The molecule has 1 heterocycles. The monoisotopic (exact) mass is 361 g/mol. The van der Waals surface area contributed by atoms with Crippen molar-refractivity contribution in [3.8, 4) is 11.5 Å². The van der Waals surface area contributed by atoms with Gasteiger partial charge in [-0.1, -0.05) is 6.07 Å². The second-order valence-corrected chi connectivity index (χ2v) is 6.84. The van der Waals surface area contributed by atoms with Gasteiger partial charge in [-0.2, -0.15) is 0 Å². The standard InChI is InChI=1S/C18H19NO5S/c1-23-11-5-4-6-12(9-11)24-10-15(20)19-17-16(18(21)22)13-7-2-3-8-14(13)25-17/h4-6,9H,2-3,7-8,10H2,1H3,(H,19,20)(H,21,22). The third-order valence-electron chi connectivity index (χ3n) is 4.05. The lowest BCUT2D eigenvalue weighted by molar-refractivity contribution is -0.118. The topological polar surface area (TPSA) is 84.9 Å². The molecule has 1 aliphatic carbocycles. The van der Waals surface area contributed by atoms with Gasteiger partial charge >= 0.3 is 5.97 Å². The van der Waals surface area contributed by atoms with Crippen LogP contribution in [0.3, 0.4) is 0 Å². The van der Waals surface area contributed by atoms with Crippen molar-refractivity contribution >= 4 is 28.2 Å². The minimum absolute atomic E-state index is 0.200. The summed E-state index contributed by atoms with van der Waals surface area (Å²) in [5.74, 6) is -0.234. The van der Waals surface area contributed by atoms with Crippen molar-refractivity contribution in [2.24, 2.45) is 0 Å². The van der Waals surface area contributed by atoms with Crippen molar-refractivity contribution in [2.75, 3.05) is 19.0 Å². The van der Waals surface area contributed by atoms with E-state index in [0.29, 0.717) is 16.5 Å². The summed E-state index contributed by atoms with van der Waals surface area (Å²) < 4.78 is 10.6. The van der Waals surface area contributed by atoms with E-state index in [0.717, 1.165) is 36.1 Å². The Kier molecular flexibility index (Phi) is 5.23. The number of carbonyl (C=O) groups is 2. The highest BCUT2D eigenvalue weighted by Crippen LogP contribution is 2.38. The minimum Gasteiger partial charge on any atom is -0.497 e. The Morgan fingerprint density at radius 3 is 2.76 bits per heavy atom. The van der Waals surface area contributed by atoms with Gasteiger partial charge in [-0.3, -0.25) is 4.79 Å². The summed E-state index contributed by atoms with van der Waals surface area (Å²) in [5, 5.41) is 12.6. The quantitative estimate of drug-likeness (QED) is 0.824. The van der Waals surface area contributed by atoms with Crippen LogP contribution in [0, 0.1) is 0 Å². The minimum atomic E-state index is -0.997. The normalized spacial score (nSPS) is 13.0. The number of anilines is 1. The first-order chi connectivity index (χ1) is 12.1. The third kappa shape index (κ3) is 3.93. The van der Waals surface area contributed by atoms with Gasteiger partial charge in [-0.25, -0.2) is 4.79 Å². The highest BCUT2D eigenvalue weighted by molar-refractivity contribution is 7.17. The fourth-order valence-electron chi connectivity index (χ4n) is 2.88. The van der Waals surface area contributed by atoms with E-state index in [1.54, 1.807) is 31.4 Å². The Balaban J connectivity index is 1.68. The maximum absolute atomic E-state index is 12.2. The van der Waals surface area contributed by atoms with Crippen LogP contribution in [-0.2, 0) is 17.6 Å². The summed E-state index contributed by atoms with van der Waals surface area (Å²) in [4.78, 5) is 24.8. The number of hydrogen-bond acceptors (Lipinski definition) is 5. The molecular formula is C18H19NO5S. The third-order valence-corrected chi connectivity index (χ3v) is 5.26. The van der Waals surface area contributed by atoms with Crippen LogP contribution in [0.5, 0.6) is 11.5 Å². The molecule has 1 aromatic heterocycles. The van der Waals surface area contributed by atoms with Gasteiger partial charge in [0.25, 0.3) is 5.91 Å². The molecule has 0 bridgehead atoms. The van der Waals surface area contributed by atoms with Crippen LogP contribution in [-0.4, -0.2) is 30.7 Å². The molecule has 2 aromatic rings. The summed E-state index contributed by atoms with van der Waals surface area (Å²) in [5.41, 5.74) is 1.10. The van der Waals surface area contributed by atoms with Crippen molar-refractivity contribution in [3.63, 3.8) is 0 Å². The highest BCUT2D eigenvalue weighted by atomic mass is 32.1. The maximum atomic E-state index is 12.2. The molecule has 6 nitrogen and oxygen atoms in total. The van der Waals surface area contributed by atoms with Gasteiger partial charge in [-0.15, -0.1) is 11.3 Å². The van der Waals surface area contributed by atoms with Crippen LogP contribution in [0.15, 0.2) is 24.3 Å². The molecular weight excluding hydrogens is 342 g/mol. The number of aromatic carboxylic acids is 1. The second kappa shape index (κ2) is 7.57. The van der Waals surface area contributed by atoms with Gasteiger partial charge in [0.1, 0.15) is 16.5 Å².